The Morgan fingerprint density at radius 3 is 1.11 bits per heavy atom. The Hall–Kier alpha value is 0.504. The largest absolute Gasteiger partial charge is 0.380 e. The first kappa shape index (κ1) is 14.4. The third kappa shape index (κ3) is 0.986. The smallest absolute Gasteiger partial charge is 0.135 e. The number of hydrogen-bond acceptors (Lipinski definition) is 2. The second-order valence-electron chi connectivity index (χ2n) is 9.46. The Balaban J connectivity index is 2.32. The molecule has 3 atom stereocenters. The molecule has 0 radical (unpaired) electrons. The predicted octanol–water partition coefficient (Wildman–Crippen LogP) is -8.05. The van der Waals surface area contributed by atoms with E-state index in [-0.39, 0.29) is 37.7 Å². The quantitative estimate of drug-likeness (QED) is 0.313. The van der Waals surface area contributed by atoms with Gasteiger partial charge in [0.05, 0.1) is 15.7 Å². The molecule has 0 bridgehead atoms. The highest BCUT2D eigenvalue weighted by Crippen LogP contribution is 2.91. The standard InChI is InChI=1S/C8H21B9O2/c1-2(9)3(7(14,15)18-3)4(8(16,17)19-4)6(12,13)5(2,10)11/h9-17H2,1H3. The third-order valence-corrected chi connectivity index (χ3v) is 7.81. The van der Waals surface area contributed by atoms with Crippen LogP contribution in [0.3, 0.4) is 0 Å². The molecule has 2 saturated heterocycles. The first-order valence-corrected chi connectivity index (χ1v) is 7.57. The summed E-state index contributed by atoms with van der Waals surface area (Å²) in [5, 5.41) is 0.0771. The summed E-state index contributed by atoms with van der Waals surface area (Å²) in [4.78, 5) is 0. The molecule has 2 spiro atoms. The summed E-state index contributed by atoms with van der Waals surface area (Å²) >= 11 is 0. The number of hydrogen-bond donors (Lipinski definition) is 0. The Morgan fingerprint density at radius 2 is 0.895 bits per heavy atom. The molecule has 1 saturated carbocycles. The van der Waals surface area contributed by atoms with Crippen LogP contribution < -0.4 is 0 Å². The Bertz CT molecular complexity index is 445. The topological polar surface area (TPSA) is 25.1 Å². The molecule has 2 aliphatic heterocycles. The molecular weight excluding hydrogens is 225 g/mol. The van der Waals surface area contributed by atoms with Gasteiger partial charge in [0.1, 0.15) is 66.1 Å². The van der Waals surface area contributed by atoms with Crippen molar-refractivity contribution in [3.05, 3.63) is 0 Å². The maximum absolute atomic E-state index is 6.43. The van der Waals surface area contributed by atoms with E-state index in [1.165, 1.54) is 0 Å². The zero-order valence-electron chi connectivity index (χ0n) is 14.3. The molecule has 3 unspecified atom stereocenters. The average molecular weight is 247 g/mol. The van der Waals surface area contributed by atoms with E-state index in [0.29, 0.717) is 0 Å². The molecule has 0 aromatic heterocycles. The van der Waals surface area contributed by atoms with E-state index in [1.807, 2.05) is 0 Å². The van der Waals surface area contributed by atoms with Crippen LogP contribution >= 0.6 is 0 Å². The number of fused-ring (bicyclic) bond motifs is 1. The fourth-order valence-electron chi connectivity index (χ4n) is 6.01. The van der Waals surface area contributed by atoms with Crippen LogP contribution in [0, 0.1) is 0 Å². The van der Waals surface area contributed by atoms with Crippen molar-refractivity contribution >= 4 is 70.6 Å². The summed E-state index contributed by atoms with van der Waals surface area (Å²) < 4.78 is 12.9. The first-order chi connectivity index (χ1) is 8.16. The van der Waals surface area contributed by atoms with Gasteiger partial charge in [-0.2, -0.15) is 0 Å². The van der Waals surface area contributed by atoms with E-state index in [4.69, 9.17) is 9.47 Å². The average Bonchev–Trinajstić information content (AvgIpc) is 2.96. The molecule has 2 nitrogen and oxygen atoms in total. The monoisotopic (exact) mass is 248 g/mol. The lowest BCUT2D eigenvalue weighted by Gasteiger charge is -2.45. The fourth-order valence-corrected chi connectivity index (χ4v) is 6.01. The number of ether oxygens (including phenoxy) is 2. The highest BCUT2D eigenvalue weighted by atomic mass is 16.7. The van der Waals surface area contributed by atoms with Crippen molar-refractivity contribution in [2.24, 2.45) is 0 Å². The molecule has 3 aliphatic rings. The van der Waals surface area contributed by atoms with Crippen molar-refractivity contribution in [2.75, 3.05) is 0 Å². The predicted molar refractivity (Wildman–Crippen MR) is 104 cm³/mol. The maximum Gasteiger partial charge on any atom is 0.135 e. The van der Waals surface area contributed by atoms with Crippen molar-refractivity contribution in [1.82, 2.24) is 0 Å². The van der Waals surface area contributed by atoms with Crippen LogP contribution in [0.25, 0.3) is 0 Å². The van der Waals surface area contributed by atoms with Crippen LogP contribution in [0.2, 0.25) is 15.7 Å². The molecule has 3 rings (SSSR count). The summed E-state index contributed by atoms with van der Waals surface area (Å²) in [5.41, 5.74) is -0.354. The zero-order chi connectivity index (χ0) is 14.9. The molecule has 1 aliphatic carbocycles. The first-order valence-electron chi connectivity index (χ1n) is 7.57. The lowest BCUT2D eigenvalue weighted by Crippen LogP contribution is -2.52. The molecule has 11 heteroatoms. The van der Waals surface area contributed by atoms with E-state index in [0.717, 1.165) is 0 Å². The fraction of sp³-hybridized carbons (Fsp3) is 1.00. The molecular formula is C8H21B9O2. The summed E-state index contributed by atoms with van der Waals surface area (Å²) in [6, 6.07) is 0. The summed E-state index contributed by atoms with van der Waals surface area (Å²) in [5.74, 6) is 0. The molecule has 0 N–H and O–H groups in total. The molecule has 3 fully saturated rings. The third-order valence-electron chi connectivity index (χ3n) is 7.81. The van der Waals surface area contributed by atoms with E-state index >= 15 is 0 Å². The van der Waals surface area contributed by atoms with Gasteiger partial charge in [-0.15, -0.1) is 0 Å². The normalized spacial score (nSPS) is 54.2. The van der Waals surface area contributed by atoms with E-state index in [1.54, 1.807) is 0 Å². The summed E-state index contributed by atoms with van der Waals surface area (Å²) in [7, 11) is 20.8. The van der Waals surface area contributed by atoms with Gasteiger partial charge in [-0.1, -0.05) is 17.4 Å². The molecule has 92 valence electrons. The zero-order valence-corrected chi connectivity index (χ0v) is 14.3. The van der Waals surface area contributed by atoms with Crippen LogP contribution in [-0.2, 0) is 9.47 Å². The molecule has 0 aromatic carbocycles. The van der Waals surface area contributed by atoms with Crippen molar-refractivity contribution in [3.8, 4) is 0 Å². The molecule has 19 heavy (non-hydrogen) atoms. The van der Waals surface area contributed by atoms with Crippen LogP contribution in [-0.4, -0.2) is 92.6 Å². The van der Waals surface area contributed by atoms with Gasteiger partial charge in [-0.25, -0.2) is 0 Å². The van der Waals surface area contributed by atoms with Gasteiger partial charge in [-0.05, 0) is 5.31 Å². The highest BCUT2D eigenvalue weighted by molar-refractivity contribution is 6.61. The van der Waals surface area contributed by atoms with Gasteiger partial charge >= 0.3 is 0 Å². The summed E-state index contributed by atoms with van der Waals surface area (Å²) in [6.45, 7) is 2.37. The summed E-state index contributed by atoms with van der Waals surface area (Å²) in [6.07, 6.45) is 0. The van der Waals surface area contributed by atoms with Crippen LogP contribution in [0.4, 0.5) is 0 Å². The van der Waals surface area contributed by atoms with Gasteiger partial charge in [0, 0.05) is 10.8 Å². The maximum atomic E-state index is 6.43. The van der Waals surface area contributed by atoms with Crippen molar-refractivity contribution in [2.45, 2.75) is 44.7 Å². The minimum atomic E-state index is -0.177. The molecule has 0 amide bonds. The van der Waals surface area contributed by atoms with E-state index in [2.05, 4.69) is 77.5 Å². The van der Waals surface area contributed by atoms with E-state index < -0.39 is 0 Å². The minimum Gasteiger partial charge on any atom is -0.380 e. The highest BCUT2D eigenvalue weighted by Gasteiger charge is 2.97. The Morgan fingerprint density at radius 1 is 0.579 bits per heavy atom. The second kappa shape index (κ2) is 2.86. The second-order valence-corrected chi connectivity index (χ2v) is 9.46. The van der Waals surface area contributed by atoms with Gasteiger partial charge < -0.3 is 9.47 Å². The lowest BCUT2D eigenvalue weighted by molar-refractivity contribution is 0.158. The molecule has 2 heterocycles. The Labute approximate surface area is 125 Å². The van der Waals surface area contributed by atoms with E-state index in [9.17, 15) is 0 Å². The van der Waals surface area contributed by atoms with Crippen LogP contribution in [0.15, 0.2) is 0 Å². The van der Waals surface area contributed by atoms with Crippen molar-refractivity contribution in [1.29, 1.82) is 0 Å². The van der Waals surface area contributed by atoms with Gasteiger partial charge in [-0.3, -0.25) is 0 Å². The molecule has 0 aromatic rings. The SMILES string of the molecule is BC1(B)OC12C(B)(B)C(B)(B)C(B)(C)C21OC1(B)B. The number of epoxide rings is 2. The Kier molecular flexibility index (Phi) is 2.18. The van der Waals surface area contributed by atoms with Crippen LogP contribution in [0.1, 0.15) is 6.92 Å². The van der Waals surface area contributed by atoms with Crippen molar-refractivity contribution in [3.63, 3.8) is 0 Å². The van der Waals surface area contributed by atoms with Crippen molar-refractivity contribution < 1.29 is 9.47 Å². The number of rotatable bonds is 0. The van der Waals surface area contributed by atoms with Gasteiger partial charge in [0.25, 0.3) is 0 Å². The van der Waals surface area contributed by atoms with Crippen LogP contribution in [0.5, 0.6) is 0 Å². The van der Waals surface area contributed by atoms with Gasteiger partial charge in [0.2, 0.25) is 0 Å². The lowest BCUT2D eigenvalue weighted by atomic mass is 9.23. The minimum absolute atomic E-state index is 0.0702. The van der Waals surface area contributed by atoms with Gasteiger partial charge in [0.15, 0.2) is 0 Å².